The van der Waals surface area contributed by atoms with Gasteiger partial charge in [0.25, 0.3) is 0 Å². The van der Waals surface area contributed by atoms with Gasteiger partial charge in [-0.15, -0.1) is 0 Å². The molecule has 0 heterocycles. The van der Waals surface area contributed by atoms with E-state index < -0.39 is 0 Å². The van der Waals surface area contributed by atoms with Crippen LogP contribution in [0.25, 0.3) is 0 Å². The van der Waals surface area contributed by atoms with Crippen LogP contribution in [0.2, 0.25) is 0 Å². The molecule has 0 spiro atoms. The third-order valence-corrected chi connectivity index (χ3v) is 3.24. The van der Waals surface area contributed by atoms with Crippen LogP contribution in [0.3, 0.4) is 0 Å². The third-order valence-electron chi connectivity index (χ3n) is 2.91. The second-order valence-corrected chi connectivity index (χ2v) is 4.81. The molecule has 2 nitrogen and oxygen atoms in total. The molecule has 2 aromatic carbocycles. The zero-order valence-corrected chi connectivity index (χ0v) is 11.7. The minimum atomic E-state index is -0.215. The number of benzene rings is 2. The van der Waals surface area contributed by atoms with Gasteiger partial charge in [0.1, 0.15) is 0 Å². The number of aryl methyl sites for hydroxylation is 2. The van der Waals surface area contributed by atoms with Gasteiger partial charge in [-0.1, -0.05) is 0 Å². The van der Waals surface area contributed by atoms with Crippen LogP contribution in [0.15, 0.2) is 42.5 Å². The molecular weight excluding hydrogens is 255 g/mol. The van der Waals surface area contributed by atoms with Crippen molar-refractivity contribution in [2.24, 2.45) is 0 Å². The second kappa shape index (κ2) is 5.84. The van der Waals surface area contributed by atoms with Crippen molar-refractivity contribution < 1.29 is 9.36 Å². The first-order valence-electron chi connectivity index (χ1n) is 5.93. The van der Waals surface area contributed by atoms with Crippen molar-refractivity contribution in [3.8, 4) is 5.63 Å². The molecule has 0 aromatic heterocycles. The van der Waals surface area contributed by atoms with Crippen LogP contribution in [-0.4, -0.2) is 5.78 Å². The molecule has 2 aromatic rings. The van der Waals surface area contributed by atoms with E-state index in [-0.39, 0.29) is 13.7 Å². The van der Waals surface area contributed by atoms with E-state index in [4.69, 9.17) is 0 Å². The summed E-state index contributed by atoms with van der Waals surface area (Å²) in [5.74, 6) is -0.0655. The molecule has 3 heteroatoms. The summed E-state index contributed by atoms with van der Waals surface area (Å²) in [7, 11) is -0.215. The summed E-state index contributed by atoms with van der Waals surface area (Å²) in [6.45, 7) is 3.83. The SMILES string of the molecule is Cc1cc(C)c(C(=O)c2ccccc2)c(C#P=O)c1. The normalized spacial score (nSPS) is 9.79. The molecule has 0 bridgehead atoms. The number of rotatable bonds is 2. The number of carbonyl (C=O) groups is 1. The van der Waals surface area contributed by atoms with Crippen molar-refractivity contribution in [2.75, 3.05) is 0 Å². The predicted octanol–water partition coefficient (Wildman–Crippen LogP) is 4.13. The summed E-state index contributed by atoms with van der Waals surface area (Å²) in [5, 5.41) is 0. The van der Waals surface area contributed by atoms with Crippen molar-refractivity contribution in [3.05, 3.63) is 70.3 Å². The van der Waals surface area contributed by atoms with Crippen LogP contribution in [0.5, 0.6) is 0 Å². The molecule has 0 atom stereocenters. The Morgan fingerprint density at radius 1 is 1.11 bits per heavy atom. The average Bonchev–Trinajstić information content (AvgIpc) is 2.39. The van der Waals surface area contributed by atoms with Gasteiger partial charge in [0.15, 0.2) is 0 Å². The van der Waals surface area contributed by atoms with Gasteiger partial charge >= 0.3 is 113 Å². The monoisotopic (exact) mass is 268 g/mol. The number of hydrogen-bond donors (Lipinski definition) is 0. The first kappa shape index (κ1) is 13.5. The summed E-state index contributed by atoms with van der Waals surface area (Å²) in [6, 6.07) is 12.9. The van der Waals surface area contributed by atoms with E-state index in [1.807, 2.05) is 44.2 Å². The second-order valence-electron chi connectivity index (χ2n) is 4.40. The predicted molar refractivity (Wildman–Crippen MR) is 76.4 cm³/mol. The van der Waals surface area contributed by atoms with Gasteiger partial charge < -0.3 is 0 Å². The fraction of sp³-hybridized carbons (Fsp3) is 0.125. The van der Waals surface area contributed by atoms with Crippen LogP contribution in [-0.2, 0) is 4.57 Å². The Morgan fingerprint density at radius 3 is 2.42 bits per heavy atom. The van der Waals surface area contributed by atoms with Gasteiger partial charge in [-0.05, 0) is 0 Å². The molecule has 0 radical (unpaired) electrons. The summed E-state index contributed by atoms with van der Waals surface area (Å²) in [6.07, 6.45) is 0. The first-order valence-corrected chi connectivity index (χ1v) is 6.74. The van der Waals surface area contributed by atoms with Crippen molar-refractivity contribution in [2.45, 2.75) is 13.8 Å². The van der Waals surface area contributed by atoms with Gasteiger partial charge in [0.05, 0.1) is 0 Å². The summed E-state index contributed by atoms with van der Waals surface area (Å²) < 4.78 is 10.8. The average molecular weight is 268 g/mol. The van der Waals surface area contributed by atoms with Crippen molar-refractivity contribution in [1.29, 1.82) is 0 Å². The Kier molecular flexibility index (Phi) is 4.16. The molecule has 94 valence electrons. The number of ketones is 1. The topological polar surface area (TPSA) is 34.1 Å². The van der Waals surface area contributed by atoms with Crippen molar-refractivity contribution >= 4 is 13.7 Å². The van der Waals surface area contributed by atoms with E-state index in [0.717, 1.165) is 11.1 Å². The van der Waals surface area contributed by atoms with E-state index in [9.17, 15) is 9.36 Å². The number of hydrogen-bond acceptors (Lipinski definition) is 2. The molecule has 19 heavy (non-hydrogen) atoms. The maximum absolute atomic E-state index is 12.5. The van der Waals surface area contributed by atoms with Crippen LogP contribution >= 0.6 is 7.92 Å². The minimum absolute atomic E-state index is 0.0655. The molecule has 0 N–H and O–H groups in total. The van der Waals surface area contributed by atoms with Crippen LogP contribution in [0, 0.1) is 19.5 Å². The van der Waals surface area contributed by atoms with E-state index >= 15 is 0 Å². The molecule has 0 saturated heterocycles. The van der Waals surface area contributed by atoms with Gasteiger partial charge in [-0.2, -0.15) is 0 Å². The fourth-order valence-electron chi connectivity index (χ4n) is 2.14. The summed E-state index contributed by atoms with van der Waals surface area (Å²) in [4.78, 5) is 12.5. The fourth-order valence-corrected chi connectivity index (χ4v) is 2.41. The Labute approximate surface area is 113 Å². The van der Waals surface area contributed by atoms with Gasteiger partial charge in [0.2, 0.25) is 0 Å². The Balaban J connectivity index is 2.64. The maximum atomic E-state index is 12.5. The van der Waals surface area contributed by atoms with Gasteiger partial charge in [-0.3, -0.25) is 0 Å². The van der Waals surface area contributed by atoms with Gasteiger partial charge in [-0.25, -0.2) is 0 Å². The molecular formula is C16H13O2P. The molecule has 2 rings (SSSR count). The van der Waals surface area contributed by atoms with Gasteiger partial charge in [0, 0.05) is 0 Å². The van der Waals surface area contributed by atoms with Crippen LogP contribution in [0.4, 0.5) is 0 Å². The van der Waals surface area contributed by atoms with Crippen molar-refractivity contribution in [3.63, 3.8) is 0 Å². The molecule has 0 aliphatic rings. The first-order chi connectivity index (χ1) is 9.13. The Morgan fingerprint density at radius 2 is 1.79 bits per heavy atom. The standard InChI is InChI=1S/C16H13O2P/c1-11-8-12(2)15(14(9-11)10-19-18)16(17)13-6-4-3-5-7-13/h3-9H,1-2H3. The summed E-state index contributed by atoms with van der Waals surface area (Å²) >= 11 is 0. The number of carbonyl (C=O) groups excluding carboxylic acids is 1. The van der Waals surface area contributed by atoms with Crippen LogP contribution in [0.1, 0.15) is 32.6 Å². The van der Waals surface area contributed by atoms with E-state index in [1.165, 1.54) is 0 Å². The summed E-state index contributed by atoms with van der Waals surface area (Å²) in [5.41, 5.74) is 6.40. The van der Waals surface area contributed by atoms with E-state index in [2.05, 4.69) is 5.63 Å². The van der Waals surface area contributed by atoms with Crippen molar-refractivity contribution in [1.82, 2.24) is 0 Å². The third kappa shape index (κ3) is 2.93. The molecule has 0 fully saturated rings. The molecule has 0 saturated carbocycles. The Bertz CT molecular complexity index is 728. The molecule has 0 amide bonds. The van der Waals surface area contributed by atoms with E-state index in [0.29, 0.717) is 16.7 Å². The quantitative estimate of drug-likeness (QED) is 0.606. The van der Waals surface area contributed by atoms with Crippen LogP contribution < -0.4 is 0 Å². The molecule has 0 aliphatic heterocycles. The zero-order valence-electron chi connectivity index (χ0n) is 10.8. The Hall–Kier alpha value is -1.88. The van der Waals surface area contributed by atoms with E-state index in [1.54, 1.807) is 12.1 Å². The molecule has 0 unspecified atom stereocenters. The molecule has 0 aliphatic carbocycles. The zero-order chi connectivity index (χ0) is 13.8.